The van der Waals surface area contributed by atoms with Gasteiger partial charge < -0.3 is 14.8 Å². The van der Waals surface area contributed by atoms with Gasteiger partial charge in [0.15, 0.2) is 9.84 Å². The summed E-state index contributed by atoms with van der Waals surface area (Å²) in [7, 11) is -1.59. The molecular weight excluding hydrogens is 290 g/mol. The van der Waals surface area contributed by atoms with E-state index in [1.165, 1.54) is 0 Å². The average molecular weight is 313 g/mol. The lowest BCUT2D eigenvalue weighted by Crippen LogP contribution is -2.39. The highest BCUT2D eigenvalue weighted by atomic mass is 32.2. The van der Waals surface area contributed by atoms with Gasteiger partial charge in [0.05, 0.1) is 22.9 Å². The van der Waals surface area contributed by atoms with Crippen LogP contribution in [0.25, 0.3) is 0 Å². The Hall–Kier alpha value is -1.11. The van der Waals surface area contributed by atoms with E-state index in [0.29, 0.717) is 36.8 Å². The molecule has 1 fully saturated rings. The summed E-state index contributed by atoms with van der Waals surface area (Å²) >= 11 is 0. The van der Waals surface area contributed by atoms with Crippen molar-refractivity contribution in [3.05, 3.63) is 24.3 Å². The van der Waals surface area contributed by atoms with Crippen molar-refractivity contribution in [2.75, 3.05) is 37.9 Å². The van der Waals surface area contributed by atoms with Crippen LogP contribution in [0.2, 0.25) is 0 Å². The third kappa shape index (κ3) is 3.75. The number of hydrogen-bond donors (Lipinski definition) is 1. The average Bonchev–Trinajstić information content (AvgIpc) is 2.95. The summed E-state index contributed by atoms with van der Waals surface area (Å²) in [6.45, 7) is 3.59. The first-order valence-corrected chi connectivity index (χ1v) is 8.87. The van der Waals surface area contributed by atoms with Crippen LogP contribution in [0.15, 0.2) is 29.2 Å². The molecule has 1 atom stereocenters. The van der Waals surface area contributed by atoms with Crippen molar-refractivity contribution in [1.29, 1.82) is 0 Å². The Morgan fingerprint density at radius 3 is 2.76 bits per heavy atom. The molecule has 2 rings (SSSR count). The summed E-state index contributed by atoms with van der Waals surface area (Å²) in [5.74, 6) is 0.157. The molecule has 118 valence electrons. The van der Waals surface area contributed by atoms with Crippen molar-refractivity contribution in [2.45, 2.75) is 30.3 Å². The molecule has 21 heavy (non-hydrogen) atoms. The van der Waals surface area contributed by atoms with Crippen LogP contribution in [0.3, 0.4) is 0 Å². The van der Waals surface area contributed by atoms with Gasteiger partial charge in [0.25, 0.3) is 0 Å². The summed E-state index contributed by atoms with van der Waals surface area (Å²) in [6.07, 6.45) is 1.41. The fraction of sp³-hybridized carbons (Fsp3) is 0.600. The molecule has 1 aromatic carbocycles. The highest BCUT2D eigenvalue weighted by Gasteiger charge is 2.35. The van der Waals surface area contributed by atoms with Crippen LogP contribution in [0, 0.1) is 0 Å². The molecule has 1 unspecified atom stereocenters. The van der Waals surface area contributed by atoms with Crippen molar-refractivity contribution in [2.24, 2.45) is 0 Å². The van der Waals surface area contributed by atoms with E-state index >= 15 is 0 Å². The Balaban J connectivity index is 2.17. The Labute approximate surface area is 126 Å². The number of benzene rings is 1. The summed E-state index contributed by atoms with van der Waals surface area (Å²) in [6, 6.07) is 7.02. The zero-order chi connectivity index (χ0) is 15.3. The first-order chi connectivity index (χ1) is 10.0. The number of sulfone groups is 1. The first-order valence-electron chi connectivity index (χ1n) is 7.21. The minimum atomic E-state index is -3.25. The van der Waals surface area contributed by atoms with Crippen molar-refractivity contribution >= 4 is 15.5 Å². The topological polar surface area (TPSA) is 64.6 Å². The second kappa shape index (κ2) is 6.77. The van der Waals surface area contributed by atoms with Gasteiger partial charge >= 0.3 is 0 Å². The molecule has 0 radical (unpaired) electrons. The van der Waals surface area contributed by atoms with Crippen LogP contribution in [-0.4, -0.2) is 46.6 Å². The molecule has 1 aliphatic rings. The molecule has 0 saturated carbocycles. The molecule has 0 spiro atoms. The molecule has 1 saturated heterocycles. The molecule has 1 N–H and O–H groups in total. The number of hydrogen-bond acceptors (Lipinski definition) is 5. The van der Waals surface area contributed by atoms with Crippen molar-refractivity contribution in [3.8, 4) is 0 Å². The Kier molecular flexibility index (Phi) is 5.24. The van der Waals surface area contributed by atoms with Crippen LogP contribution < -0.4 is 5.32 Å². The van der Waals surface area contributed by atoms with Crippen LogP contribution >= 0.6 is 0 Å². The van der Waals surface area contributed by atoms with Gasteiger partial charge in [0.2, 0.25) is 0 Å². The van der Waals surface area contributed by atoms with Gasteiger partial charge in [-0.3, -0.25) is 0 Å². The van der Waals surface area contributed by atoms with E-state index in [1.54, 1.807) is 25.3 Å². The zero-order valence-electron chi connectivity index (χ0n) is 12.6. The van der Waals surface area contributed by atoms with E-state index in [1.807, 2.05) is 13.0 Å². The van der Waals surface area contributed by atoms with Gasteiger partial charge in [-0.2, -0.15) is 0 Å². The lowest BCUT2D eigenvalue weighted by Gasteiger charge is -2.27. The van der Waals surface area contributed by atoms with E-state index in [0.717, 1.165) is 6.42 Å². The van der Waals surface area contributed by atoms with Crippen molar-refractivity contribution in [1.82, 2.24) is 0 Å². The molecule has 0 aliphatic carbocycles. The fourth-order valence-corrected chi connectivity index (χ4v) is 4.00. The first kappa shape index (κ1) is 16.3. The summed E-state index contributed by atoms with van der Waals surface area (Å²) < 4.78 is 35.6. The Morgan fingerprint density at radius 2 is 2.14 bits per heavy atom. The number of para-hydroxylation sites is 1. The van der Waals surface area contributed by atoms with Gasteiger partial charge in [-0.15, -0.1) is 0 Å². The second-order valence-electron chi connectivity index (χ2n) is 5.36. The SMILES string of the molecule is CCCS(=O)(=O)c1ccccc1NCC1(OC)CCOC1. The van der Waals surface area contributed by atoms with Crippen LogP contribution in [0.1, 0.15) is 19.8 Å². The summed E-state index contributed by atoms with van der Waals surface area (Å²) in [5.41, 5.74) is 0.260. The minimum Gasteiger partial charge on any atom is -0.381 e. The molecule has 5 nitrogen and oxygen atoms in total. The quantitative estimate of drug-likeness (QED) is 0.835. The van der Waals surface area contributed by atoms with Gasteiger partial charge in [-0.25, -0.2) is 8.42 Å². The van der Waals surface area contributed by atoms with Crippen molar-refractivity contribution in [3.63, 3.8) is 0 Å². The highest BCUT2D eigenvalue weighted by Crippen LogP contribution is 2.26. The van der Waals surface area contributed by atoms with Crippen molar-refractivity contribution < 1.29 is 17.9 Å². The second-order valence-corrected chi connectivity index (χ2v) is 7.44. The molecular formula is C15H23NO4S. The molecule has 6 heteroatoms. The maximum Gasteiger partial charge on any atom is 0.180 e. The number of methoxy groups -OCH3 is 1. The van der Waals surface area contributed by atoms with E-state index < -0.39 is 9.84 Å². The van der Waals surface area contributed by atoms with Gasteiger partial charge in [-0.1, -0.05) is 19.1 Å². The monoisotopic (exact) mass is 313 g/mol. The summed E-state index contributed by atoms with van der Waals surface area (Å²) in [4.78, 5) is 0.358. The fourth-order valence-electron chi connectivity index (χ4n) is 2.48. The molecule has 0 amide bonds. The number of anilines is 1. The largest absolute Gasteiger partial charge is 0.381 e. The van der Waals surface area contributed by atoms with E-state index in [4.69, 9.17) is 9.47 Å². The number of nitrogens with one attached hydrogen (secondary N) is 1. The predicted octanol–water partition coefficient (Wildman–Crippen LogP) is 2.09. The van der Waals surface area contributed by atoms with E-state index in [2.05, 4.69) is 5.32 Å². The van der Waals surface area contributed by atoms with E-state index in [-0.39, 0.29) is 11.4 Å². The maximum atomic E-state index is 12.3. The molecule has 0 bridgehead atoms. The highest BCUT2D eigenvalue weighted by molar-refractivity contribution is 7.91. The normalized spacial score (nSPS) is 22.4. The standard InChI is InChI=1S/C15H23NO4S/c1-3-10-21(17,18)14-7-5-4-6-13(14)16-11-15(19-2)8-9-20-12-15/h4-7,16H,3,8-12H2,1-2H3. The number of rotatable bonds is 7. The van der Waals surface area contributed by atoms with Crippen LogP contribution in [0.4, 0.5) is 5.69 Å². The smallest absolute Gasteiger partial charge is 0.180 e. The lowest BCUT2D eigenvalue weighted by molar-refractivity contribution is -0.00623. The van der Waals surface area contributed by atoms with Crippen LogP contribution in [-0.2, 0) is 19.3 Å². The molecule has 1 aliphatic heterocycles. The number of ether oxygens (including phenoxy) is 2. The third-order valence-electron chi connectivity index (χ3n) is 3.80. The molecule has 1 heterocycles. The van der Waals surface area contributed by atoms with Gasteiger partial charge in [0.1, 0.15) is 5.60 Å². The Bertz CT molecular complexity index is 565. The zero-order valence-corrected chi connectivity index (χ0v) is 13.4. The minimum absolute atomic E-state index is 0.157. The van der Waals surface area contributed by atoms with Gasteiger partial charge in [0, 0.05) is 26.7 Å². The Morgan fingerprint density at radius 1 is 1.38 bits per heavy atom. The maximum absolute atomic E-state index is 12.3. The van der Waals surface area contributed by atoms with E-state index in [9.17, 15) is 8.42 Å². The summed E-state index contributed by atoms with van der Waals surface area (Å²) in [5, 5.41) is 3.23. The molecule has 0 aromatic heterocycles. The third-order valence-corrected chi connectivity index (χ3v) is 5.77. The van der Waals surface area contributed by atoms with Crippen LogP contribution in [0.5, 0.6) is 0 Å². The van der Waals surface area contributed by atoms with Gasteiger partial charge in [-0.05, 0) is 18.6 Å². The molecule has 1 aromatic rings. The predicted molar refractivity (Wildman–Crippen MR) is 82.5 cm³/mol. The lowest BCUT2D eigenvalue weighted by atomic mass is 10.0.